The number of carbonyl (C=O) groups excluding carboxylic acids is 1. The number of ketones is 1. The standard InChI is InChI=1S/C43H68O4Si/c1-8-10-11-12-13-14-15-16-17-18-19-22-27-37(32-33-38-35-39(34-36(44)9-2)46-43(6,7)45-38)47-48(42(3,4)5,40-28-23-20-24-29-40)41-30-25-21-26-31-41/h9,20-21,23-26,28-31,37-39H,2,8,10-19,22,27,32-35H2,1,3-7H3/t37-,38-,39+/m0/s1. The van der Waals surface area contributed by atoms with Gasteiger partial charge in [-0.2, -0.15) is 0 Å². The first-order chi connectivity index (χ1) is 23.0. The fourth-order valence-electron chi connectivity index (χ4n) is 7.62. The minimum Gasteiger partial charge on any atom is -0.404 e. The predicted octanol–water partition coefficient (Wildman–Crippen LogP) is 10.9. The molecule has 0 aromatic heterocycles. The summed E-state index contributed by atoms with van der Waals surface area (Å²) in [6.07, 6.45) is 21.4. The largest absolute Gasteiger partial charge is 0.404 e. The molecule has 1 aliphatic heterocycles. The first kappa shape index (κ1) is 40.4. The molecule has 48 heavy (non-hydrogen) atoms. The van der Waals surface area contributed by atoms with Gasteiger partial charge in [0.1, 0.15) is 0 Å². The highest BCUT2D eigenvalue weighted by Crippen LogP contribution is 2.39. The van der Waals surface area contributed by atoms with Crippen molar-refractivity contribution < 1.29 is 18.7 Å². The lowest BCUT2D eigenvalue weighted by Gasteiger charge is -2.46. The smallest absolute Gasteiger partial charge is 0.261 e. The van der Waals surface area contributed by atoms with Crippen molar-refractivity contribution in [2.24, 2.45) is 0 Å². The van der Waals surface area contributed by atoms with Crippen LogP contribution in [-0.2, 0) is 18.7 Å². The van der Waals surface area contributed by atoms with Crippen LogP contribution in [0.3, 0.4) is 0 Å². The van der Waals surface area contributed by atoms with Crippen molar-refractivity contribution in [1.29, 1.82) is 0 Å². The number of carbonyl (C=O) groups is 1. The molecule has 2 aromatic rings. The van der Waals surface area contributed by atoms with E-state index >= 15 is 0 Å². The van der Waals surface area contributed by atoms with Crippen molar-refractivity contribution in [1.82, 2.24) is 0 Å². The quantitative estimate of drug-likeness (QED) is 0.0667. The Kier molecular flexibility index (Phi) is 17.3. The number of hydrogen-bond donors (Lipinski definition) is 0. The molecule has 3 rings (SSSR count). The van der Waals surface area contributed by atoms with Crippen molar-refractivity contribution in [2.45, 2.75) is 180 Å². The van der Waals surface area contributed by atoms with Crippen molar-refractivity contribution >= 4 is 24.5 Å². The third-order valence-corrected chi connectivity index (χ3v) is 15.1. The molecular weight excluding hydrogens is 609 g/mol. The maximum atomic E-state index is 12.2. The lowest BCUT2D eigenvalue weighted by molar-refractivity contribution is -0.300. The molecule has 0 aliphatic carbocycles. The average Bonchev–Trinajstić information content (AvgIpc) is 3.05. The monoisotopic (exact) mass is 676 g/mol. The number of hydrogen-bond acceptors (Lipinski definition) is 4. The maximum absolute atomic E-state index is 12.2. The molecule has 1 saturated heterocycles. The van der Waals surface area contributed by atoms with E-state index in [4.69, 9.17) is 13.9 Å². The summed E-state index contributed by atoms with van der Waals surface area (Å²) in [7, 11) is -2.69. The van der Waals surface area contributed by atoms with Crippen molar-refractivity contribution in [3.05, 3.63) is 73.3 Å². The molecule has 0 N–H and O–H groups in total. The van der Waals surface area contributed by atoms with E-state index in [2.05, 4.69) is 94.9 Å². The Morgan fingerprint density at radius 3 is 1.77 bits per heavy atom. The van der Waals surface area contributed by atoms with E-state index in [0.717, 1.165) is 19.3 Å². The summed E-state index contributed by atoms with van der Waals surface area (Å²) in [5.41, 5.74) is 0. The van der Waals surface area contributed by atoms with Gasteiger partial charge in [-0.15, -0.1) is 0 Å². The molecule has 5 heteroatoms. The van der Waals surface area contributed by atoms with Gasteiger partial charge in [-0.1, -0.05) is 172 Å². The summed E-state index contributed by atoms with van der Waals surface area (Å²) < 4.78 is 20.3. The fourth-order valence-corrected chi connectivity index (χ4v) is 12.4. The molecule has 1 heterocycles. The topological polar surface area (TPSA) is 44.8 Å². The molecule has 268 valence electrons. The number of benzene rings is 2. The van der Waals surface area contributed by atoms with Crippen LogP contribution >= 0.6 is 0 Å². The van der Waals surface area contributed by atoms with Crippen LogP contribution in [0, 0.1) is 0 Å². The minimum absolute atomic E-state index is 0.0172. The molecule has 0 unspecified atom stereocenters. The van der Waals surface area contributed by atoms with Gasteiger partial charge in [-0.05, 0) is 54.6 Å². The third-order valence-electron chi connectivity index (χ3n) is 10.0. The molecule has 3 atom stereocenters. The van der Waals surface area contributed by atoms with Crippen LogP contribution < -0.4 is 10.4 Å². The second-order valence-electron chi connectivity index (χ2n) is 15.6. The highest BCUT2D eigenvalue weighted by atomic mass is 28.4. The van der Waals surface area contributed by atoms with Gasteiger partial charge in [-0.25, -0.2) is 0 Å². The first-order valence-electron chi connectivity index (χ1n) is 19.3. The van der Waals surface area contributed by atoms with Crippen LogP contribution in [0.25, 0.3) is 0 Å². The predicted molar refractivity (Wildman–Crippen MR) is 206 cm³/mol. The van der Waals surface area contributed by atoms with Gasteiger partial charge >= 0.3 is 0 Å². The Hall–Kier alpha value is -2.05. The molecule has 0 saturated carbocycles. The van der Waals surface area contributed by atoms with E-state index in [9.17, 15) is 4.79 Å². The van der Waals surface area contributed by atoms with E-state index in [-0.39, 0.29) is 29.1 Å². The summed E-state index contributed by atoms with van der Waals surface area (Å²) in [5.74, 6) is -0.699. The van der Waals surface area contributed by atoms with Gasteiger partial charge in [0, 0.05) is 18.9 Å². The van der Waals surface area contributed by atoms with E-state index in [1.165, 1.54) is 93.5 Å². The van der Waals surface area contributed by atoms with Crippen LogP contribution in [0.5, 0.6) is 0 Å². The zero-order chi connectivity index (χ0) is 34.9. The summed E-state index contributed by atoms with van der Waals surface area (Å²) >= 11 is 0. The summed E-state index contributed by atoms with van der Waals surface area (Å²) in [4.78, 5) is 12.2. The highest BCUT2D eigenvalue weighted by Gasteiger charge is 2.51. The molecule has 0 bridgehead atoms. The minimum atomic E-state index is -2.69. The summed E-state index contributed by atoms with van der Waals surface area (Å²) in [6, 6.07) is 22.0. The second kappa shape index (κ2) is 20.6. The van der Waals surface area contributed by atoms with E-state index in [1.54, 1.807) is 0 Å². The summed E-state index contributed by atoms with van der Waals surface area (Å²) in [5, 5.41) is 2.59. The Morgan fingerprint density at radius 1 is 0.812 bits per heavy atom. The maximum Gasteiger partial charge on any atom is 0.261 e. The van der Waals surface area contributed by atoms with E-state index in [1.807, 2.05) is 13.8 Å². The molecule has 0 radical (unpaired) electrons. The van der Waals surface area contributed by atoms with Crippen LogP contribution in [0.1, 0.15) is 151 Å². The Morgan fingerprint density at radius 2 is 1.29 bits per heavy atom. The van der Waals surface area contributed by atoms with Gasteiger partial charge in [0.2, 0.25) is 0 Å². The molecule has 2 aromatic carbocycles. The van der Waals surface area contributed by atoms with Crippen molar-refractivity contribution in [2.75, 3.05) is 0 Å². The normalized spacial score (nSPS) is 18.8. The summed E-state index contributed by atoms with van der Waals surface area (Å²) in [6.45, 7) is 17.0. The molecular formula is C43H68O4Si. The lowest BCUT2D eigenvalue weighted by atomic mass is 9.97. The zero-order valence-corrected chi connectivity index (χ0v) is 32.4. The lowest BCUT2D eigenvalue weighted by Crippen LogP contribution is -2.67. The number of allylic oxidation sites excluding steroid dienone is 1. The highest BCUT2D eigenvalue weighted by molar-refractivity contribution is 6.99. The first-order valence-corrected chi connectivity index (χ1v) is 21.2. The van der Waals surface area contributed by atoms with Crippen LogP contribution in [-0.4, -0.2) is 38.2 Å². The zero-order valence-electron chi connectivity index (χ0n) is 31.4. The molecule has 4 nitrogen and oxygen atoms in total. The average molecular weight is 677 g/mol. The van der Waals surface area contributed by atoms with Gasteiger partial charge in [0.25, 0.3) is 8.32 Å². The SMILES string of the molecule is C=CC(=O)C[C@@H]1C[C@H](CC[C@H](CCCCCCCCCCCCCC)O[Si](c2ccccc2)(c2ccccc2)C(C)(C)C)OC(C)(C)O1. The van der Waals surface area contributed by atoms with Crippen LogP contribution in [0.2, 0.25) is 5.04 Å². The molecule has 1 aliphatic rings. The Labute approximate surface area is 295 Å². The Bertz CT molecular complexity index is 1130. The van der Waals surface area contributed by atoms with E-state index < -0.39 is 14.1 Å². The van der Waals surface area contributed by atoms with Gasteiger partial charge in [0.05, 0.1) is 12.2 Å². The van der Waals surface area contributed by atoms with Gasteiger partial charge < -0.3 is 13.9 Å². The molecule has 1 fully saturated rings. The van der Waals surface area contributed by atoms with Gasteiger partial charge in [0.15, 0.2) is 11.6 Å². The van der Waals surface area contributed by atoms with Crippen molar-refractivity contribution in [3.8, 4) is 0 Å². The molecule has 0 amide bonds. The van der Waals surface area contributed by atoms with Gasteiger partial charge in [-0.3, -0.25) is 4.79 Å². The number of rotatable bonds is 23. The third kappa shape index (κ3) is 13.0. The number of unbranched alkanes of at least 4 members (excludes halogenated alkanes) is 11. The number of ether oxygens (including phenoxy) is 2. The van der Waals surface area contributed by atoms with Crippen LogP contribution in [0.15, 0.2) is 73.3 Å². The Balaban J connectivity index is 1.74. The second-order valence-corrected chi connectivity index (χ2v) is 19.9. The van der Waals surface area contributed by atoms with Crippen molar-refractivity contribution in [3.63, 3.8) is 0 Å². The van der Waals surface area contributed by atoms with Crippen LogP contribution in [0.4, 0.5) is 0 Å². The molecule has 0 spiro atoms. The van der Waals surface area contributed by atoms with E-state index in [0.29, 0.717) is 12.8 Å². The fraction of sp³-hybridized carbons (Fsp3) is 0.651.